The first-order valence-corrected chi connectivity index (χ1v) is 12.9. The van der Waals surface area contributed by atoms with Gasteiger partial charge in [0.25, 0.3) is 10.0 Å². The van der Waals surface area contributed by atoms with Crippen molar-refractivity contribution in [3.05, 3.63) is 72.8 Å². The van der Waals surface area contributed by atoms with Crippen LogP contribution in [-0.4, -0.2) is 27.2 Å². The van der Waals surface area contributed by atoms with E-state index in [1.807, 2.05) is 19.4 Å². The number of pyridine rings is 1. The fraction of sp³-hybridized carbons (Fsp3) is 0.333. The molecule has 0 bridgehead atoms. The molecule has 0 fully saturated rings. The Kier molecular flexibility index (Phi) is 5.09. The number of hydrogen-bond donors (Lipinski definition) is 0. The minimum Gasteiger partial charge on any atom is -0.275 e. The van der Waals surface area contributed by atoms with Crippen molar-refractivity contribution in [3.8, 4) is 11.1 Å². The highest BCUT2D eigenvalue weighted by Crippen LogP contribution is 2.47. The molecule has 0 saturated heterocycles. The van der Waals surface area contributed by atoms with Gasteiger partial charge in [0.2, 0.25) is 0 Å². The normalized spacial score (nSPS) is 17.6. The Morgan fingerprint density at radius 2 is 1.71 bits per heavy atom. The molecule has 176 valence electrons. The van der Waals surface area contributed by atoms with Gasteiger partial charge in [-0.25, -0.2) is 17.4 Å². The van der Waals surface area contributed by atoms with Crippen molar-refractivity contribution in [2.24, 2.45) is 17.9 Å². The quantitative estimate of drug-likeness (QED) is 0.369. The molecule has 0 radical (unpaired) electrons. The van der Waals surface area contributed by atoms with E-state index in [-0.39, 0.29) is 15.7 Å². The van der Waals surface area contributed by atoms with Crippen molar-refractivity contribution in [2.75, 3.05) is 0 Å². The van der Waals surface area contributed by atoms with Gasteiger partial charge in [-0.2, -0.15) is 5.10 Å². The van der Waals surface area contributed by atoms with Gasteiger partial charge in [-0.05, 0) is 53.0 Å². The van der Waals surface area contributed by atoms with Crippen LogP contribution in [0.3, 0.4) is 0 Å². The minimum absolute atomic E-state index is 0.0841. The van der Waals surface area contributed by atoms with E-state index in [4.69, 9.17) is 4.98 Å². The Labute approximate surface area is 201 Å². The number of allylic oxidation sites excluding steroid dienone is 2. The van der Waals surface area contributed by atoms with Crippen LogP contribution in [0.4, 0.5) is 0 Å². The van der Waals surface area contributed by atoms with E-state index < -0.39 is 10.0 Å². The molecule has 0 aliphatic heterocycles. The largest absolute Gasteiger partial charge is 0.275 e. The highest BCUT2D eigenvalue weighted by Gasteiger charge is 2.34. The smallest absolute Gasteiger partial charge is 0.269 e. The van der Waals surface area contributed by atoms with Gasteiger partial charge in [-0.3, -0.25) is 4.68 Å². The van der Waals surface area contributed by atoms with Crippen LogP contribution in [0.5, 0.6) is 0 Å². The van der Waals surface area contributed by atoms with Gasteiger partial charge in [0.05, 0.1) is 11.1 Å². The van der Waals surface area contributed by atoms with Crippen molar-refractivity contribution in [2.45, 2.75) is 45.4 Å². The van der Waals surface area contributed by atoms with E-state index in [1.165, 1.54) is 9.55 Å². The second-order valence-electron chi connectivity index (χ2n) is 10.8. The van der Waals surface area contributed by atoms with E-state index in [1.54, 1.807) is 47.4 Å². The van der Waals surface area contributed by atoms with Crippen LogP contribution in [0, 0.1) is 10.8 Å². The first-order valence-electron chi connectivity index (χ1n) is 11.5. The van der Waals surface area contributed by atoms with E-state index in [9.17, 15) is 8.42 Å². The summed E-state index contributed by atoms with van der Waals surface area (Å²) in [5, 5.41) is 5.10. The molecule has 3 heterocycles. The predicted octanol–water partition coefficient (Wildman–Crippen LogP) is 5.90. The van der Waals surface area contributed by atoms with E-state index in [0.29, 0.717) is 5.65 Å². The number of aryl methyl sites for hydroxylation is 1. The Morgan fingerprint density at radius 1 is 0.971 bits per heavy atom. The molecule has 7 heteroatoms. The van der Waals surface area contributed by atoms with Crippen molar-refractivity contribution >= 4 is 26.6 Å². The molecule has 5 rings (SSSR count). The molecule has 34 heavy (non-hydrogen) atoms. The standard InChI is InChI=1S/C27H30N4O2S/c1-26(2)12-20(13-27(3,4)18-26)19-11-23-24(21-15-29-30(5)16-21)17-31(25(23)28-14-19)34(32,33)22-9-7-6-8-10-22/h6-12,14-17H,13,18H2,1-5H3. The van der Waals surface area contributed by atoms with E-state index >= 15 is 0 Å². The number of hydrogen-bond acceptors (Lipinski definition) is 4. The first kappa shape index (κ1) is 22.6. The van der Waals surface area contributed by atoms with Crippen molar-refractivity contribution < 1.29 is 8.42 Å². The Bertz CT molecular complexity index is 1520. The molecule has 1 aliphatic carbocycles. The molecule has 0 spiro atoms. The first-order chi connectivity index (χ1) is 16.0. The van der Waals surface area contributed by atoms with Crippen molar-refractivity contribution in [1.29, 1.82) is 0 Å². The number of nitrogens with zero attached hydrogens (tertiary/aromatic N) is 4. The lowest BCUT2D eigenvalue weighted by atomic mass is 9.66. The minimum atomic E-state index is -3.81. The lowest BCUT2D eigenvalue weighted by molar-refractivity contribution is 0.229. The number of rotatable bonds is 4. The summed E-state index contributed by atoms with van der Waals surface area (Å²) >= 11 is 0. The molecule has 1 aromatic carbocycles. The summed E-state index contributed by atoms with van der Waals surface area (Å²) in [6.45, 7) is 9.14. The highest BCUT2D eigenvalue weighted by molar-refractivity contribution is 7.90. The predicted molar refractivity (Wildman–Crippen MR) is 136 cm³/mol. The summed E-state index contributed by atoms with van der Waals surface area (Å²) in [6, 6.07) is 10.6. The van der Waals surface area contributed by atoms with Gasteiger partial charge in [-0.15, -0.1) is 0 Å². The lowest BCUT2D eigenvalue weighted by Gasteiger charge is -2.39. The number of aromatic nitrogens is 4. The fourth-order valence-corrected chi connectivity index (χ4v) is 6.85. The Balaban J connectivity index is 1.74. The van der Waals surface area contributed by atoms with Crippen LogP contribution < -0.4 is 0 Å². The third-order valence-electron chi connectivity index (χ3n) is 6.47. The van der Waals surface area contributed by atoms with Crippen molar-refractivity contribution in [1.82, 2.24) is 18.7 Å². The summed E-state index contributed by atoms with van der Waals surface area (Å²) < 4.78 is 30.1. The zero-order valence-electron chi connectivity index (χ0n) is 20.3. The van der Waals surface area contributed by atoms with Crippen LogP contribution >= 0.6 is 0 Å². The molecular formula is C27H30N4O2S. The topological polar surface area (TPSA) is 69.8 Å². The molecule has 0 atom stereocenters. The molecular weight excluding hydrogens is 444 g/mol. The summed E-state index contributed by atoms with van der Waals surface area (Å²) in [5.41, 5.74) is 4.62. The summed E-state index contributed by atoms with van der Waals surface area (Å²) in [4.78, 5) is 4.94. The van der Waals surface area contributed by atoms with Gasteiger partial charge >= 0.3 is 0 Å². The third-order valence-corrected chi connectivity index (χ3v) is 8.13. The van der Waals surface area contributed by atoms with Gasteiger partial charge < -0.3 is 0 Å². The second kappa shape index (κ2) is 7.67. The van der Waals surface area contributed by atoms with Crippen LogP contribution in [0.25, 0.3) is 27.7 Å². The SMILES string of the molecule is Cn1cc(-c2cn(S(=O)(=O)c3ccccc3)c3ncc(C4=CC(C)(C)CC(C)(C)C4)cc23)cn1. The zero-order chi connectivity index (χ0) is 24.3. The second-order valence-corrected chi connectivity index (χ2v) is 12.6. The summed E-state index contributed by atoms with van der Waals surface area (Å²) in [7, 11) is -1.96. The molecule has 1 aliphatic rings. The van der Waals surface area contributed by atoms with E-state index in [2.05, 4.69) is 44.9 Å². The maximum atomic E-state index is 13.5. The molecule has 4 aromatic rings. The Morgan fingerprint density at radius 3 is 2.35 bits per heavy atom. The maximum Gasteiger partial charge on any atom is 0.269 e. The monoisotopic (exact) mass is 474 g/mol. The van der Waals surface area contributed by atoms with Crippen molar-refractivity contribution in [3.63, 3.8) is 0 Å². The average Bonchev–Trinajstić information content (AvgIpc) is 3.35. The fourth-order valence-electron chi connectivity index (χ4n) is 5.51. The molecule has 0 saturated carbocycles. The molecule has 3 aromatic heterocycles. The lowest BCUT2D eigenvalue weighted by Crippen LogP contribution is -2.26. The van der Waals surface area contributed by atoms with Crippen LogP contribution in [0.2, 0.25) is 0 Å². The van der Waals surface area contributed by atoms with Crippen LogP contribution in [0.1, 0.15) is 46.1 Å². The number of fused-ring (bicyclic) bond motifs is 1. The molecule has 0 unspecified atom stereocenters. The van der Waals surface area contributed by atoms with Gasteiger partial charge in [-0.1, -0.05) is 52.0 Å². The number of benzene rings is 1. The summed E-state index contributed by atoms with van der Waals surface area (Å²) in [5.74, 6) is 0. The van der Waals surface area contributed by atoms with Gasteiger partial charge in [0, 0.05) is 42.2 Å². The third kappa shape index (κ3) is 3.98. The van der Waals surface area contributed by atoms with E-state index in [0.717, 1.165) is 34.9 Å². The Hall–Kier alpha value is -3.19. The maximum absolute atomic E-state index is 13.5. The van der Waals surface area contributed by atoms with Gasteiger partial charge in [0.15, 0.2) is 5.65 Å². The van der Waals surface area contributed by atoms with Crippen LogP contribution in [-0.2, 0) is 17.1 Å². The zero-order valence-corrected chi connectivity index (χ0v) is 21.1. The highest BCUT2D eigenvalue weighted by atomic mass is 32.2. The molecule has 0 amide bonds. The molecule has 0 N–H and O–H groups in total. The van der Waals surface area contributed by atoms with Gasteiger partial charge in [0.1, 0.15) is 0 Å². The summed E-state index contributed by atoms with van der Waals surface area (Å²) in [6.07, 6.45) is 11.6. The average molecular weight is 475 g/mol. The molecule has 6 nitrogen and oxygen atoms in total. The van der Waals surface area contributed by atoms with Crippen LogP contribution in [0.15, 0.2) is 72.2 Å².